The molecule has 1 aliphatic heterocycles. The number of amides is 2. The molecule has 156 valence electrons. The van der Waals surface area contributed by atoms with Crippen molar-refractivity contribution in [2.75, 3.05) is 19.3 Å². The second kappa shape index (κ2) is 7.79. The van der Waals surface area contributed by atoms with E-state index >= 15 is 0 Å². The monoisotopic (exact) mass is 438 g/mol. The highest BCUT2D eigenvalue weighted by molar-refractivity contribution is 7.98. The summed E-state index contributed by atoms with van der Waals surface area (Å²) in [4.78, 5) is 56.5. The number of hydrogen-bond acceptors (Lipinski definition) is 7. The summed E-state index contributed by atoms with van der Waals surface area (Å²) in [5.41, 5.74) is -0.425. The molecule has 0 saturated heterocycles. The number of carbonyl (C=O) groups excluding carboxylic acids is 2. The zero-order chi connectivity index (χ0) is 21.5. The van der Waals surface area contributed by atoms with E-state index in [4.69, 9.17) is 5.11 Å². The molecule has 3 heterocycles. The molecule has 2 N–H and O–H groups in total. The van der Waals surface area contributed by atoms with E-state index in [0.29, 0.717) is 24.5 Å². The first-order valence-electron chi connectivity index (χ1n) is 8.95. The normalized spacial score (nSPS) is 14.0. The molecule has 0 bridgehead atoms. The van der Waals surface area contributed by atoms with Crippen LogP contribution >= 0.6 is 23.1 Å². The summed E-state index contributed by atoms with van der Waals surface area (Å²) < 4.78 is 1.42. The summed E-state index contributed by atoms with van der Waals surface area (Å²) in [7, 11) is 0. The maximum absolute atomic E-state index is 13.1. The van der Waals surface area contributed by atoms with Gasteiger partial charge in [-0.05, 0) is 6.26 Å². The fourth-order valence-electron chi connectivity index (χ4n) is 3.19. The standard InChI is InChI=1S/C18H22N4O5S2/c1-18(2,3)16(27)21-6-5-9-10(8-21)29-17-20-14(28-4)12(15(26)22(9)17)13(25)19-7-11(23)24/h5-8H2,1-4H3,(H,19,25)(H,23,24). The van der Waals surface area contributed by atoms with E-state index in [9.17, 15) is 19.2 Å². The first kappa shape index (κ1) is 21.3. The number of rotatable bonds is 4. The number of hydrogen-bond donors (Lipinski definition) is 2. The lowest BCUT2D eigenvalue weighted by atomic mass is 9.94. The molecule has 0 spiro atoms. The SMILES string of the molecule is CSc1nc2sc3c(n2c(=O)c1C(=O)NCC(=O)O)CCN(C(=O)C(C)(C)C)C3. The fourth-order valence-corrected chi connectivity index (χ4v) is 4.98. The Labute approximate surface area is 175 Å². The van der Waals surface area contributed by atoms with Crippen LogP contribution in [-0.2, 0) is 22.6 Å². The van der Waals surface area contributed by atoms with Gasteiger partial charge in [0.25, 0.3) is 11.5 Å². The molecule has 0 saturated carbocycles. The van der Waals surface area contributed by atoms with Crippen LogP contribution < -0.4 is 10.9 Å². The number of carboxylic acid groups (broad SMARTS) is 1. The highest BCUT2D eigenvalue weighted by Crippen LogP contribution is 2.30. The summed E-state index contributed by atoms with van der Waals surface area (Å²) in [5.74, 6) is -1.92. The summed E-state index contributed by atoms with van der Waals surface area (Å²) in [5, 5.41) is 11.3. The third-order valence-corrected chi connectivity index (χ3v) is 6.28. The number of nitrogens with zero attached hydrogens (tertiary/aromatic N) is 3. The molecule has 0 aromatic carbocycles. The van der Waals surface area contributed by atoms with Crippen LogP contribution in [0.1, 0.15) is 41.7 Å². The summed E-state index contributed by atoms with van der Waals surface area (Å²) in [6.45, 7) is 5.90. The quantitative estimate of drug-likeness (QED) is 0.544. The van der Waals surface area contributed by atoms with Crippen LogP contribution in [0.15, 0.2) is 9.82 Å². The average molecular weight is 439 g/mol. The third-order valence-electron chi connectivity index (χ3n) is 4.53. The highest BCUT2D eigenvalue weighted by Gasteiger charge is 2.32. The van der Waals surface area contributed by atoms with Gasteiger partial charge in [-0.15, -0.1) is 11.8 Å². The molecule has 0 unspecified atom stereocenters. The topological polar surface area (TPSA) is 121 Å². The predicted octanol–water partition coefficient (Wildman–Crippen LogP) is 1.22. The van der Waals surface area contributed by atoms with Crippen LogP contribution in [0.4, 0.5) is 0 Å². The number of aromatic nitrogens is 2. The van der Waals surface area contributed by atoms with Crippen LogP contribution in [-0.4, -0.2) is 56.5 Å². The molecule has 0 fully saturated rings. The van der Waals surface area contributed by atoms with E-state index in [1.54, 1.807) is 11.2 Å². The summed E-state index contributed by atoms with van der Waals surface area (Å²) in [6.07, 6.45) is 2.18. The average Bonchev–Trinajstić information content (AvgIpc) is 3.02. The van der Waals surface area contributed by atoms with Gasteiger partial charge < -0.3 is 15.3 Å². The van der Waals surface area contributed by atoms with Crippen molar-refractivity contribution in [3.63, 3.8) is 0 Å². The fraction of sp³-hybridized carbons (Fsp3) is 0.500. The van der Waals surface area contributed by atoms with E-state index in [2.05, 4.69) is 10.3 Å². The van der Waals surface area contributed by atoms with Crippen molar-refractivity contribution in [3.8, 4) is 0 Å². The number of thioether (sulfide) groups is 1. The minimum Gasteiger partial charge on any atom is -0.480 e. The van der Waals surface area contributed by atoms with E-state index in [1.807, 2.05) is 20.8 Å². The van der Waals surface area contributed by atoms with E-state index in [-0.39, 0.29) is 16.5 Å². The molecule has 3 rings (SSSR count). The molecule has 9 nitrogen and oxygen atoms in total. The molecule has 2 amide bonds. The Hall–Kier alpha value is -2.40. The van der Waals surface area contributed by atoms with Gasteiger partial charge in [-0.2, -0.15) is 0 Å². The van der Waals surface area contributed by atoms with Crippen molar-refractivity contribution < 1.29 is 19.5 Å². The van der Waals surface area contributed by atoms with Crippen molar-refractivity contribution in [1.82, 2.24) is 19.6 Å². The van der Waals surface area contributed by atoms with Crippen molar-refractivity contribution in [1.29, 1.82) is 0 Å². The van der Waals surface area contributed by atoms with Gasteiger partial charge in [-0.1, -0.05) is 32.1 Å². The minimum atomic E-state index is -1.20. The zero-order valence-corrected chi connectivity index (χ0v) is 18.2. The van der Waals surface area contributed by atoms with Gasteiger partial charge in [0.15, 0.2) is 4.96 Å². The van der Waals surface area contributed by atoms with Gasteiger partial charge in [0.05, 0.1) is 6.54 Å². The van der Waals surface area contributed by atoms with Crippen molar-refractivity contribution in [2.24, 2.45) is 5.41 Å². The summed E-state index contributed by atoms with van der Waals surface area (Å²) >= 11 is 2.48. The molecule has 1 aliphatic rings. The minimum absolute atomic E-state index is 0.0412. The number of aliphatic carboxylic acids is 1. The molecule has 11 heteroatoms. The van der Waals surface area contributed by atoms with Crippen LogP contribution in [0.5, 0.6) is 0 Å². The Morgan fingerprint density at radius 1 is 1.31 bits per heavy atom. The molecular formula is C18H22N4O5S2. The Bertz CT molecular complexity index is 1070. The van der Waals surface area contributed by atoms with Gasteiger partial charge in [-0.25, -0.2) is 4.98 Å². The lowest BCUT2D eigenvalue weighted by molar-refractivity contribution is -0.140. The molecule has 0 radical (unpaired) electrons. The van der Waals surface area contributed by atoms with Gasteiger partial charge in [0, 0.05) is 29.0 Å². The molecular weight excluding hydrogens is 416 g/mol. The highest BCUT2D eigenvalue weighted by atomic mass is 32.2. The van der Waals surface area contributed by atoms with Gasteiger partial charge in [-0.3, -0.25) is 23.6 Å². The lowest BCUT2D eigenvalue weighted by Crippen LogP contribution is -2.42. The van der Waals surface area contributed by atoms with E-state index in [0.717, 1.165) is 22.3 Å². The first-order chi connectivity index (χ1) is 13.5. The number of thiazole rings is 1. The van der Waals surface area contributed by atoms with Crippen molar-refractivity contribution in [2.45, 2.75) is 38.8 Å². The van der Waals surface area contributed by atoms with Crippen molar-refractivity contribution in [3.05, 3.63) is 26.5 Å². The lowest BCUT2D eigenvalue weighted by Gasteiger charge is -2.32. The smallest absolute Gasteiger partial charge is 0.322 e. The van der Waals surface area contributed by atoms with E-state index < -0.39 is 29.4 Å². The Morgan fingerprint density at radius 3 is 2.59 bits per heavy atom. The summed E-state index contributed by atoms with van der Waals surface area (Å²) in [6, 6.07) is 0. The molecule has 0 atom stereocenters. The predicted molar refractivity (Wildman–Crippen MR) is 110 cm³/mol. The Kier molecular flexibility index (Phi) is 5.72. The molecule has 29 heavy (non-hydrogen) atoms. The largest absolute Gasteiger partial charge is 0.480 e. The van der Waals surface area contributed by atoms with E-state index in [1.165, 1.54) is 15.7 Å². The molecule has 0 aliphatic carbocycles. The van der Waals surface area contributed by atoms with Crippen LogP contribution in [0.2, 0.25) is 0 Å². The maximum atomic E-state index is 13.1. The number of fused-ring (bicyclic) bond motifs is 3. The second-order valence-corrected chi connectivity index (χ2v) is 9.55. The Balaban J connectivity index is 2.06. The maximum Gasteiger partial charge on any atom is 0.322 e. The third kappa shape index (κ3) is 4.01. The van der Waals surface area contributed by atoms with Gasteiger partial charge in [0.1, 0.15) is 17.1 Å². The van der Waals surface area contributed by atoms with Crippen LogP contribution in [0.25, 0.3) is 4.96 Å². The number of carboxylic acids is 1. The molecule has 2 aromatic rings. The zero-order valence-electron chi connectivity index (χ0n) is 16.6. The number of carbonyl (C=O) groups is 3. The van der Waals surface area contributed by atoms with Crippen LogP contribution in [0, 0.1) is 5.41 Å². The number of nitrogens with one attached hydrogen (secondary N) is 1. The first-order valence-corrected chi connectivity index (χ1v) is 11.0. The Morgan fingerprint density at radius 2 is 2.00 bits per heavy atom. The second-order valence-electron chi connectivity index (χ2n) is 7.69. The van der Waals surface area contributed by atoms with Gasteiger partial charge >= 0.3 is 5.97 Å². The van der Waals surface area contributed by atoms with Crippen molar-refractivity contribution >= 4 is 45.8 Å². The van der Waals surface area contributed by atoms with Crippen LogP contribution in [0.3, 0.4) is 0 Å². The van der Waals surface area contributed by atoms with Gasteiger partial charge in [0.2, 0.25) is 5.91 Å². The molecule has 2 aromatic heterocycles.